The summed E-state index contributed by atoms with van der Waals surface area (Å²) in [7, 11) is 0. The number of hydrogen-bond donors (Lipinski definition) is 0. The molecule has 138 valence electrons. The highest BCUT2D eigenvalue weighted by Crippen LogP contribution is 2.26. The fraction of sp³-hybridized carbons (Fsp3) is 0.632. The van der Waals surface area contributed by atoms with Crippen molar-refractivity contribution in [3.8, 4) is 0 Å². The van der Waals surface area contributed by atoms with Crippen LogP contribution < -0.4 is 4.90 Å². The number of benzene rings is 1. The summed E-state index contributed by atoms with van der Waals surface area (Å²) >= 11 is 6.31. The van der Waals surface area contributed by atoms with Gasteiger partial charge in [0.2, 0.25) is 5.91 Å². The number of anilines is 1. The van der Waals surface area contributed by atoms with Gasteiger partial charge in [-0.15, -0.1) is 0 Å². The van der Waals surface area contributed by atoms with Crippen LogP contribution >= 0.6 is 11.6 Å². The largest absolute Gasteiger partial charge is 0.372 e. The minimum Gasteiger partial charge on any atom is -0.372 e. The Balaban J connectivity index is 1.57. The monoisotopic (exact) mass is 365 g/mol. The third-order valence-corrected chi connectivity index (χ3v) is 5.46. The lowest BCUT2D eigenvalue weighted by molar-refractivity contribution is -0.148. The van der Waals surface area contributed by atoms with Gasteiger partial charge in [0.25, 0.3) is 0 Å². The molecule has 0 N–H and O–H groups in total. The smallest absolute Gasteiger partial charge is 0.239 e. The molecular formula is C19H28ClN3O2. The highest BCUT2D eigenvalue weighted by atomic mass is 35.5. The van der Waals surface area contributed by atoms with E-state index in [0.717, 1.165) is 36.9 Å². The van der Waals surface area contributed by atoms with E-state index in [2.05, 4.69) is 15.9 Å². The topological polar surface area (TPSA) is 36.0 Å². The molecule has 2 aliphatic heterocycles. The van der Waals surface area contributed by atoms with E-state index in [-0.39, 0.29) is 24.2 Å². The summed E-state index contributed by atoms with van der Waals surface area (Å²) in [6.45, 7) is 11.0. The molecule has 3 atom stereocenters. The fourth-order valence-corrected chi connectivity index (χ4v) is 4.09. The van der Waals surface area contributed by atoms with Gasteiger partial charge in [-0.2, -0.15) is 0 Å². The molecule has 2 fully saturated rings. The number of para-hydroxylation sites is 1. The van der Waals surface area contributed by atoms with Crippen molar-refractivity contribution in [3.63, 3.8) is 0 Å². The zero-order chi connectivity index (χ0) is 18.0. The molecule has 5 nitrogen and oxygen atoms in total. The van der Waals surface area contributed by atoms with Crippen molar-refractivity contribution in [2.75, 3.05) is 44.2 Å². The Morgan fingerprint density at radius 3 is 2.32 bits per heavy atom. The van der Waals surface area contributed by atoms with Crippen molar-refractivity contribution in [2.24, 2.45) is 0 Å². The van der Waals surface area contributed by atoms with Gasteiger partial charge >= 0.3 is 0 Å². The molecule has 0 bridgehead atoms. The summed E-state index contributed by atoms with van der Waals surface area (Å²) in [5.41, 5.74) is 1.08. The predicted molar refractivity (Wildman–Crippen MR) is 101 cm³/mol. The number of piperazine rings is 1. The number of ether oxygens (including phenoxy) is 1. The number of rotatable bonds is 3. The first-order chi connectivity index (χ1) is 12.0. The predicted octanol–water partition coefficient (Wildman–Crippen LogP) is 2.49. The van der Waals surface area contributed by atoms with E-state index in [4.69, 9.17) is 16.3 Å². The van der Waals surface area contributed by atoms with Crippen LogP contribution in [0.5, 0.6) is 0 Å². The van der Waals surface area contributed by atoms with Gasteiger partial charge in [0.05, 0.1) is 29.0 Å². The number of carbonyl (C=O) groups excluding carboxylic acids is 1. The van der Waals surface area contributed by atoms with Gasteiger partial charge < -0.3 is 14.5 Å². The first-order valence-electron chi connectivity index (χ1n) is 9.13. The normalized spacial score (nSPS) is 26.6. The molecule has 25 heavy (non-hydrogen) atoms. The van der Waals surface area contributed by atoms with Gasteiger partial charge in [0.15, 0.2) is 0 Å². The second-order valence-corrected chi connectivity index (χ2v) is 7.56. The van der Waals surface area contributed by atoms with Crippen molar-refractivity contribution in [2.45, 2.75) is 39.0 Å². The Hall–Kier alpha value is -1.30. The Bertz CT molecular complexity index is 594. The molecule has 2 aliphatic rings. The maximum atomic E-state index is 12.9. The van der Waals surface area contributed by atoms with Gasteiger partial charge in [-0.05, 0) is 32.9 Å². The lowest BCUT2D eigenvalue weighted by Gasteiger charge is -2.42. The second kappa shape index (κ2) is 7.94. The summed E-state index contributed by atoms with van der Waals surface area (Å²) in [4.78, 5) is 19.4. The molecule has 2 saturated heterocycles. The van der Waals surface area contributed by atoms with Crippen LogP contribution in [0.3, 0.4) is 0 Å². The number of morpholine rings is 1. The van der Waals surface area contributed by atoms with Crippen molar-refractivity contribution in [1.82, 2.24) is 9.80 Å². The highest BCUT2D eigenvalue weighted by molar-refractivity contribution is 6.33. The molecule has 1 aromatic carbocycles. The maximum Gasteiger partial charge on any atom is 0.239 e. The van der Waals surface area contributed by atoms with Crippen molar-refractivity contribution < 1.29 is 9.53 Å². The number of carbonyl (C=O) groups is 1. The Morgan fingerprint density at radius 1 is 1.12 bits per heavy atom. The number of halogens is 1. The third-order valence-electron chi connectivity index (χ3n) is 5.14. The first-order valence-corrected chi connectivity index (χ1v) is 9.51. The van der Waals surface area contributed by atoms with Crippen LogP contribution in [0.2, 0.25) is 5.02 Å². The highest BCUT2D eigenvalue weighted by Gasteiger charge is 2.32. The van der Waals surface area contributed by atoms with Gasteiger partial charge in [-0.25, -0.2) is 0 Å². The lowest BCUT2D eigenvalue weighted by Crippen LogP contribution is -2.57. The van der Waals surface area contributed by atoms with E-state index in [1.807, 2.05) is 43.9 Å². The molecule has 0 unspecified atom stereocenters. The van der Waals surface area contributed by atoms with Crippen LogP contribution in [0.1, 0.15) is 20.8 Å². The Kier molecular flexibility index (Phi) is 5.87. The Labute approximate surface area is 155 Å². The summed E-state index contributed by atoms with van der Waals surface area (Å²) in [5.74, 6) is 0.216. The summed E-state index contributed by atoms with van der Waals surface area (Å²) < 4.78 is 5.74. The summed E-state index contributed by atoms with van der Waals surface area (Å²) in [6.07, 6.45) is 0.217. The average molecular weight is 366 g/mol. The molecule has 0 radical (unpaired) electrons. The van der Waals surface area contributed by atoms with Crippen LogP contribution in [0.25, 0.3) is 0 Å². The molecule has 0 aromatic heterocycles. The van der Waals surface area contributed by atoms with E-state index in [0.29, 0.717) is 13.1 Å². The van der Waals surface area contributed by atoms with Gasteiger partial charge in [0.1, 0.15) is 0 Å². The number of amides is 1. The van der Waals surface area contributed by atoms with E-state index < -0.39 is 0 Å². The number of nitrogens with zero attached hydrogens (tertiary/aromatic N) is 3. The maximum absolute atomic E-state index is 12.9. The fourth-order valence-electron chi connectivity index (χ4n) is 3.84. The quantitative estimate of drug-likeness (QED) is 0.824. The minimum atomic E-state index is -0.0918. The molecule has 1 aromatic rings. The van der Waals surface area contributed by atoms with Gasteiger partial charge in [0, 0.05) is 39.3 Å². The average Bonchev–Trinajstić information content (AvgIpc) is 2.60. The second-order valence-electron chi connectivity index (χ2n) is 7.15. The summed E-state index contributed by atoms with van der Waals surface area (Å²) in [6, 6.07) is 7.86. The third kappa shape index (κ3) is 4.27. The van der Waals surface area contributed by atoms with E-state index in [1.54, 1.807) is 0 Å². The van der Waals surface area contributed by atoms with Crippen LogP contribution in [0.15, 0.2) is 24.3 Å². The molecule has 1 amide bonds. The molecular weight excluding hydrogens is 338 g/mol. The molecule has 0 aliphatic carbocycles. The molecule has 0 saturated carbocycles. The summed E-state index contributed by atoms with van der Waals surface area (Å²) in [5, 5.41) is 0.788. The van der Waals surface area contributed by atoms with Crippen molar-refractivity contribution in [3.05, 3.63) is 29.3 Å². The van der Waals surface area contributed by atoms with Crippen LogP contribution in [-0.4, -0.2) is 73.2 Å². The van der Waals surface area contributed by atoms with E-state index in [1.165, 1.54) is 0 Å². The van der Waals surface area contributed by atoms with Gasteiger partial charge in [-0.1, -0.05) is 23.7 Å². The molecule has 0 spiro atoms. The van der Waals surface area contributed by atoms with Crippen LogP contribution in [-0.2, 0) is 9.53 Å². The SMILES string of the molecule is C[C@@H]1CN(C(=O)[C@H](C)N2CCN(c3ccccc3Cl)CC2)C[C@H](C)O1. The zero-order valence-electron chi connectivity index (χ0n) is 15.3. The zero-order valence-corrected chi connectivity index (χ0v) is 16.1. The molecule has 2 heterocycles. The Morgan fingerprint density at radius 2 is 1.72 bits per heavy atom. The van der Waals surface area contributed by atoms with Crippen LogP contribution in [0.4, 0.5) is 5.69 Å². The van der Waals surface area contributed by atoms with E-state index >= 15 is 0 Å². The van der Waals surface area contributed by atoms with Gasteiger partial charge in [-0.3, -0.25) is 9.69 Å². The van der Waals surface area contributed by atoms with Crippen molar-refractivity contribution >= 4 is 23.2 Å². The number of hydrogen-bond acceptors (Lipinski definition) is 4. The van der Waals surface area contributed by atoms with Crippen molar-refractivity contribution in [1.29, 1.82) is 0 Å². The standard InChI is InChI=1S/C19H28ClN3O2/c1-14-12-23(13-15(2)25-14)19(24)16(3)21-8-10-22(11-9-21)18-7-5-4-6-17(18)20/h4-7,14-16H,8-13H2,1-3H3/t14-,15+,16-/m0/s1. The lowest BCUT2D eigenvalue weighted by atomic mass is 10.1. The minimum absolute atomic E-state index is 0.0918. The molecule has 6 heteroatoms. The first kappa shape index (κ1) is 18.5. The molecule has 3 rings (SSSR count). The van der Waals surface area contributed by atoms with Crippen LogP contribution in [0, 0.1) is 0 Å². The van der Waals surface area contributed by atoms with E-state index in [9.17, 15) is 4.79 Å².